The van der Waals surface area contributed by atoms with Gasteiger partial charge in [-0.15, -0.1) is 0 Å². The molecule has 2 aromatic carbocycles. The van der Waals surface area contributed by atoms with E-state index in [2.05, 4.69) is 109 Å². The summed E-state index contributed by atoms with van der Waals surface area (Å²) in [6.07, 6.45) is -19.2. The topological polar surface area (TPSA) is 36.3 Å². The van der Waals surface area contributed by atoms with Crippen LogP contribution in [0.25, 0.3) is 17.1 Å². The van der Waals surface area contributed by atoms with Gasteiger partial charge in [-0.05, 0) is 56.1 Å². The molecule has 3 aromatic rings. The van der Waals surface area contributed by atoms with Gasteiger partial charge in [0.25, 0.3) is 0 Å². The molecule has 0 unspecified atom stereocenters. The second kappa shape index (κ2) is 30.1. The molecule has 1 fully saturated rings. The zero-order valence-corrected chi connectivity index (χ0v) is 45.5. The molecule has 0 N–H and O–H groups in total. The largest absolute Gasteiger partial charge is 0.494 e. The van der Waals surface area contributed by atoms with Gasteiger partial charge in [0.1, 0.15) is 5.82 Å². The molecule has 2 heterocycles. The molecule has 4 nitrogen and oxygen atoms in total. The number of nitrogens with zero attached hydrogens (tertiary/aromatic N) is 2. The van der Waals surface area contributed by atoms with Crippen molar-refractivity contribution >= 4 is 318 Å². The molecule has 0 spiro atoms. The Morgan fingerprint density at radius 3 is 1.07 bits per heavy atom. The van der Waals surface area contributed by atoms with E-state index in [0.717, 1.165) is 16.9 Å². The Balaban J connectivity index is 0.000000409. The van der Waals surface area contributed by atoms with Crippen LogP contribution in [0.3, 0.4) is 0 Å². The van der Waals surface area contributed by atoms with Gasteiger partial charge >= 0.3 is 7.12 Å². The first kappa shape index (κ1) is 69.7. The van der Waals surface area contributed by atoms with E-state index >= 15 is 0 Å². The Hall–Kier alpha value is 0.427. The summed E-state index contributed by atoms with van der Waals surface area (Å²) in [4.78, 5) is 4.74. The normalized spacial score (nSPS) is 13.0. The maximum atomic E-state index is 6.68. The van der Waals surface area contributed by atoms with Crippen LogP contribution in [0.4, 0.5) is 0 Å². The highest BCUT2D eigenvalue weighted by Gasteiger charge is 2.58. The molecule has 0 amide bonds. The number of para-hydroxylation sites is 1. The molecule has 1 aliphatic heterocycles. The van der Waals surface area contributed by atoms with Crippen molar-refractivity contribution in [1.82, 2.24) is 9.55 Å². The standard InChI is InChI=1S/C27H35BN2O2.B43/c1-18(2)22-10-9-11-23(19(3)4)24(22)30-17-16-29-25(30)20-12-14-21(15-13-20)28-31-26(5,6)27(7,8)32-28;1-23-34(22)40(35(24(2)3)25(4)5)43(41(36(26(6)7)27(8)9)37(28(10)11)29(12)13)42(38(30(14)15)31(16)17)39(32(18)19)33(20)21/h9-19H,1-8H3;. The fourth-order valence-electron chi connectivity index (χ4n) is 11.3. The van der Waals surface area contributed by atoms with Crippen LogP contribution in [0, 0.1) is 0 Å². The van der Waals surface area contributed by atoms with Gasteiger partial charge in [-0.3, -0.25) is 4.57 Å². The Bertz CT molecular complexity index is 1990. The maximum Gasteiger partial charge on any atom is 0.494 e. The molecule has 1 aliphatic rings. The number of aromatic nitrogens is 2. The first-order valence-corrected chi connectivity index (χ1v) is 25.6. The van der Waals surface area contributed by atoms with Crippen LogP contribution in [0.5, 0.6) is 0 Å². The minimum Gasteiger partial charge on any atom is -0.399 e. The van der Waals surface area contributed by atoms with E-state index < -0.39 is 128 Å². The highest BCUT2D eigenvalue weighted by Crippen LogP contribution is 2.37. The van der Waals surface area contributed by atoms with E-state index in [1.54, 1.807) is 0 Å². The number of hydrogen-bond acceptors (Lipinski definition) is 3. The summed E-state index contributed by atoms with van der Waals surface area (Å²) >= 11 is 0. The molecular weight excluding hydrogens is 860 g/mol. The summed E-state index contributed by atoms with van der Waals surface area (Å²) in [5, 5.41) is 0. The Morgan fingerprint density at radius 1 is 0.467 bits per heavy atom. The van der Waals surface area contributed by atoms with Crippen LogP contribution in [0.15, 0.2) is 54.9 Å². The minimum absolute atomic E-state index is 0.347. The average Bonchev–Trinajstić information content (AvgIpc) is 3.84. The molecule has 0 aliphatic carbocycles. The van der Waals surface area contributed by atoms with Crippen molar-refractivity contribution in [3.63, 3.8) is 0 Å². The number of benzene rings is 2. The monoisotopic (exact) mass is 904 g/mol. The fraction of sp³-hybridized carbons (Fsp3) is 0.444. The summed E-state index contributed by atoms with van der Waals surface area (Å²) in [7, 11) is 139. The first-order valence-electron chi connectivity index (χ1n) is 25.6. The zero-order chi connectivity index (χ0) is 57.5. The smallest absolute Gasteiger partial charge is 0.399 e. The fourth-order valence-corrected chi connectivity index (χ4v) is 11.3. The Morgan fingerprint density at radius 2 is 0.773 bits per heavy atom. The van der Waals surface area contributed by atoms with Crippen LogP contribution >= 0.6 is 0 Å². The third-order valence-corrected chi connectivity index (χ3v) is 15.6. The molecule has 0 bridgehead atoms. The quantitative estimate of drug-likeness (QED) is 0.0795. The van der Waals surface area contributed by atoms with E-state index in [0.29, 0.717) is 11.8 Å². The van der Waals surface area contributed by atoms with Crippen molar-refractivity contribution in [3.8, 4) is 17.1 Å². The first-order chi connectivity index (χ1) is 34.6. The third kappa shape index (κ3) is 17.0. The number of hydrogen-bond donors (Lipinski definition) is 0. The molecule has 45 radical (unpaired) electrons. The van der Waals surface area contributed by atoms with Gasteiger partial charge in [-0.1, -0.05) is 70.2 Å². The van der Waals surface area contributed by atoms with Gasteiger partial charge in [0.15, 0.2) is 0 Å². The van der Waals surface area contributed by atoms with Crippen molar-refractivity contribution in [2.45, 2.75) is 78.4 Å². The highest BCUT2D eigenvalue weighted by molar-refractivity contribution is 8.33. The van der Waals surface area contributed by atoms with Crippen molar-refractivity contribution < 1.29 is 9.31 Å². The number of imidazole rings is 1. The lowest BCUT2D eigenvalue weighted by atomic mass is 8.26. The zero-order valence-electron chi connectivity index (χ0n) is 45.5. The average molecular weight is 895 g/mol. The van der Waals surface area contributed by atoms with E-state index in [1.165, 1.54) is 23.9 Å². The summed E-state index contributed by atoms with van der Waals surface area (Å²) in [6.45, 7) is 17.3. The van der Waals surface area contributed by atoms with E-state index in [1.807, 2.05) is 6.20 Å². The van der Waals surface area contributed by atoms with Crippen LogP contribution < -0.4 is 5.46 Å². The van der Waals surface area contributed by atoms with Gasteiger partial charge in [-0.2, -0.15) is 0 Å². The third-order valence-electron chi connectivity index (χ3n) is 15.6. The van der Waals surface area contributed by atoms with Crippen LogP contribution in [0.1, 0.15) is 78.4 Å². The molecule has 1 saturated heterocycles. The maximum absolute atomic E-state index is 6.68. The lowest BCUT2D eigenvalue weighted by Crippen LogP contribution is -2.93. The van der Waals surface area contributed by atoms with E-state index in [9.17, 15) is 0 Å². The molecule has 48 heteroatoms. The van der Waals surface area contributed by atoms with E-state index in [4.69, 9.17) is 185 Å². The Labute approximate surface area is 494 Å². The van der Waals surface area contributed by atoms with Gasteiger partial charge < -0.3 is 9.31 Å². The summed E-state index contributed by atoms with van der Waals surface area (Å²) in [6, 6.07) is 15.1. The summed E-state index contributed by atoms with van der Waals surface area (Å²) in [5.41, 5.74) is 5.33. The highest BCUT2D eigenvalue weighted by atomic mass is 16.7. The van der Waals surface area contributed by atoms with Gasteiger partial charge in [0.2, 0.25) is 0 Å². The Kier molecular flexibility index (Phi) is 28.0. The molecule has 75 heavy (non-hydrogen) atoms. The molecule has 0 atom stereocenters. The van der Waals surface area contributed by atoms with Gasteiger partial charge in [0.05, 0.1) is 16.9 Å². The second-order valence-corrected chi connectivity index (χ2v) is 22.2. The van der Waals surface area contributed by atoms with Crippen molar-refractivity contribution in [2.24, 2.45) is 0 Å². The second-order valence-electron chi connectivity index (χ2n) is 22.2. The molecule has 297 valence electrons. The lowest BCUT2D eigenvalue weighted by molar-refractivity contribution is 0.00578. The molecular formula is C27H35B44N2O2. The predicted octanol–water partition coefficient (Wildman–Crippen LogP) is -10.3. The van der Waals surface area contributed by atoms with Crippen LogP contribution in [-0.4, -0.2) is 333 Å². The SMILES string of the molecule is CC(C)c1cccc(C(C)C)c1-n1ccnc1-c1ccc(B2OC(C)(C)C(C)(C)O2)cc1.[B][B]B([B])B(B(B([B])[B])B([B])[B])B(B(B(B([B])[B])B([B])[B])B(B([B])[B])B([B])[B])B(B(B([B])[B])B([B])[B])B(B([B])[B])B([B])[B]. The summed E-state index contributed by atoms with van der Waals surface area (Å²) < 4.78 is 14.7. The van der Waals surface area contributed by atoms with Crippen molar-refractivity contribution in [2.75, 3.05) is 0 Å². The molecule has 0 saturated carbocycles. The van der Waals surface area contributed by atoms with Crippen molar-refractivity contribution in [1.29, 1.82) is 0 Å². The van der Waals surface area contributed by atoms with Crippen LogP contribution in [0.2, 0.25) is 0 Å². The van der Waals surface area contributed by atoms with Gasteiger partial charge in [-0.25, -0.2) is 4.98 Å². The number of rotatable bonds is 25. The lowest BCUT2D eigenvalue weighted by Gasteiger charge is -2.55. The minimum atomic E-state index is -1.24. The van der Waals surface area contributed by atoms with Crippen LogP contribution in [-0.2, 0) is 9.31 Å². The van der Waals surface area contributed by atoms with Crippen molar-refractivity contribution in [3.05, 3.63) is 66.0 Å². The van der Waals surface area contributed by atoms with Gasteiger partial charge in [0, 0.05) is 323 Å². The molecule has 4 rings (SSSR count). The molecule has 1 aromatic heterocycles. The van der Waals surface area contributed by atoms with E-state index in [-0.39, 0.29) is 18.3 Å². The summed E-state index contributed by atoms with van der Waals surface area (Å²) in [5.74, 6) is 1.79. The predicted molar refractivity (Wildman–Crippen MR) is 380 cm³/mol.